The van der Waals surface area contributed by atoms with E-state index in [-0.39, 0.29) is 11.5 Å². The molecule has 2 aromatic carbocycles. The van der Waals surface area contributed by atoms with E-state index in [4.69, 9.17) is 4.74 Å². The molecule has 0 aromatic heterocycles. The van der Waals surface area contributed by atoms with Gasteiger partial charge in [0.05, 0.1) is 4.47 Å². The van der Waals surface area contributed by atoms with Gasteiger partial charge in [-0.05, 0) is 45.8 Å². The van der Waals surface area contributed by atoms with Gasteiger partial charge in [0.2, 0.25) is 0 Å². The first-order valence-corrected chi connectivity index (χ1v) is 5.84. The largest absolute Gasteiger partial charge is 0.507 e. The van der Waals surface area contributed by atoms with Crippen molar-refractivity contribution in [1.82, 2.24) is 0 Å². The van der Waals surface area contributed by atoms with Gasteiger partial charge in [-0.1, -0.05) is 18.2 Å². The average Bonchev–Trinajstić information content (AvgIpc) is 2.32. The zero-order valence-corrected chi connectivity index (χ0v) is 10.5. The molecule has 0 bridgehead atoms. The van der Waals surface area contributed by atoms with Crippen molar-refractivity contribution in [3.05, 3.63) is 52.5 Å². The van der Waals surface area contributed by atoms with Crippen LogP contribution >= 0.6 is 15.9 Å². The number of benzene rings is 2. The minimum absolute atomic E-state index is 0.105. The standard InChI is InChI=1S/C13H11BrO3/c14-10-6-5-9(7-12(10)16)8-17-13-4-2-1-3-11(13)15/h1-7,15-16H,8H2. The number of aromatic hydroxyl groups is 2. The van der Waals surface area contributed by atoms with E-state index in [1.807, 2.05) is 6.07 Å². The Morgan fingerprint density at radius 2 is 1.76 bits per heavy atom. The van der Waals surface area contributed by atoms with Crippen molar-refractivity contribution in [2.75, 3.05) is 0 Å². The lowest BCUT2D eigenvalue weighted by Gasteiger charge is -2.08. The minimum Gasteiger partial charge on any atom is -0.507 e. The number of hydrogen-bond acceptors (Lipinski definition) is 3. The molecule has 0 saturated heterocycles. The van der Waals surface area contributed by atoms with Crippen LogP contribution in [0, 0.1) is 0 Å². The Labute approximate surface area is 107 Å². The molecule has 2 rings (SSSR count). The molecule has 0 amide bonds. The Morgan fingerprint density at radius 1 is 1.00 bits per heavy atom. The van der Waals surface area contributed by atoms with Gasteiger partial charge in [-0.3, -0.25) is 0 Å². The van der Waals surface area contributed by atoms with E-state index in [1.165, 1.54) is 0 Å². The Balaban J connectivity index is 2.08. The molecule has 17 heavy (non-hydrogen) atoms. The molecule has 3 nitrogen and oxygen atoms in total. The highest BCUT2D eigenvalue weighted by Crippen LogP contribution is 2.27. The van der Waals surface area contributed by atoms with Crippen molar-refractivity contribution in [3.8, 4) is 17.2 Å². The van der Waals surface area contributed by atoms with E-state index in [0.717, 1.165) is 5.56 Å². The number of phenolic OH excluding ortho intramolecular Hbond substituents is 2. The van der Waals surface area contributed by atoms with Crippen molar-refractivity contribution in [2.24, 2.45) is 0 Å². The van der Waals surface area contributed by atoms with E-state index in [9.17, 15) is 10.2 Å². The van der Waals surface area contributed by atoms with E-state index in [1.54, 1.807) is 36.4 Å². The smallest absolute Gasteiger partial charge is 0.161 e. The van der Waals surface area contributed by atoms with Crippen molar-refractivity contribution in [1.29, 1.82) is 0 Å². The first-order chi connectivity index (χ1) is 8.16. The number of halogens is 1. The first kappa shape index (κ1) is 11.8. The number of hydrogen-bond donors (Lipinski definition) is 2. The topological polar surface area (TPSA) is 49.7 Å². The van der Waals surface area contributed by atoms with Gasteiger partial charge in [-0.2, -0.15) is 0 Å². The zero-order valence-electron chi connectivity index (χ0n) is 8.93. The normalized spacial score (nSPS) is 10.2. The Bertz CT molecular complexity index is 526. The zero-order chi connectivity index (χ0) is 12.3. The number of para-hydroxylation sites is 2. The summed E-state index contributed by atoms with van der Waals surface area (Å²) in [6.07, 6.45) is 0. The van der Waals surface area contributed by atoms with Crippen LogP contribution in [0.1, 0.15) is 5.56 Å². The maximum Gasteiger partial charge on any atom is 0.161 e. The van der Waals surface area contributed by atoms with E-state index in [0.29, 0.717) is 16.8 Å². The van der Waals surface area contributed by atoms with Gasteiger partial charge in [0, 0.05) is 0 Å². The van der Waals surface area contributed by atoms with Crippen molar-refractivity contribution in [2.45, 2.75) is 6.61 Å². The molecule has 4 heteroatoms. The molecular weight excluding hydrogens is 284 g/mol. The van der Waals surface area contributed by atoms with Crippen molar-refractivity contribution < 1.29 is 14.9 Å². The summed E-state index contributed by atoms with van der Waals surface area (Å²) in [5.74, 6) is 0.701. The molecule has 0 aliphatic heterocycles. The predicted molar refractivity (Wildman–Crippen MR) is 68.2 cm³/mol. The van der Waals surface area contributed by atoms with Gasteiger partial charge in [0.25, 0.3) is 0 Å². The molecule has 0 unspecified atom stereocenters. The summed E-state index contributed by atoms with van der Waals surface area (Å²) in [4.78, 5) is 0. The quantitative estimate of drug-likeness (QED) is 0.912. The highest BCUT2D eigenvalue weighted by Gasteiger charge is 2.03. The fourth-order valence-electron chi connectivity index (χ4n) is 1.39. The summed E-state index contributed by atoms with van der Waals surface area (Å²) in [5.41, 5.74) is 0.828. The molecule has 0 spiro atoms. The minimum atomic E-state index is 0.105. The molecule has 88 valence electrons. The molecule has 0 fully saturated rings. The molecule has 0 atom stereocenters. The third-order valence-electron chi connectivity index (χ3n) is 2.27. The molecule has 0 aliphatic rings. The summed E-state index contributed by atoms with van der Waals surface area (Å²) in [6, 6.07) is 12.0. The summed E-state index contributed by atoms with van der Waals surface area (Å²) in [6.45, 7) is 0.290. The molecule has 2 aromatic rings. The SMILES string of the molecule is Oc1cc(COc2ccccc2O)ccc1Br. The highest BCUT2D eigenvalue weighted by atomic mass is 79.9. The van der Waals surface area contributed by atoms with Crippen LogP contribution < -0.4 is 4.74 Å². The monoisotopic (exact) mass is 294 g/mol. The van der Waals surface area contributed by atoms with Crippen LogP contribution in [0.2, 0.25) is 0 Å². The Hall–Kier alpha value is -1.68. The van der Waals surface area contributed by atoms with Crippen LogP contribution in [0.25, 0.3) is 0 Å². The summed E-state index contributed by atoms with van der Waals surface area (Å²) in [5, 5.41) is 19.0. The van der Waals surface area contributed by atoms with Crippen LogP contribution in [0.5, 0.6) is 17.2 Å². The summed E-state index contributed by atoms with van der Waals surface area (Å²) < 4.78 is 6.08. The number of phenols is 2. The van der Waals surface area contributed by atoms with Gasteiger partial charge in [0.1, 0.15) is 12.4 Å². The third kappa shape index (κ3) is 2.91. The van der Waals surface area contributed by atoms with E-state index < -0.39 is 0 Å². The van der Waals surface area contributed by atoms with Crippen molar-refractivity contribution in [3.63, 3.8) is 0 Å². The summed E-state index contributed by atoms with van der Waals surface area (Å²) >= 11 is 3.21. The Morgan fingerprint density at radius 3 is 2.47 bits per heavy atom. The maximum absolute atomic E-state index is 9.51. The lowest BCUT2D eigenvalue weighted by molar-refractivity contribution is 0.288. The average molecular weight is 295 g/mol. The lowest BCUT2D eigenvalue weighted by atomic mass is 10.2. The van der Waals surface area contributed by atoms with Gasteiger partial charge >= 0.3 is 0 Å². The Kier molecular flexibility index (Phi) is 3.54. The molecular formula is C13H11BrO3. The second-order valence-corrected chi connectivity index (χ2v) is 4.40. The van der Waals surface area contributed by atoms with Crippen LogP contribution in [0.3, 0.4) is 0 Å². The van der Waals surface area contributed by atoms with E-state index >= 15 is 0 Å². The summed E-state index contributed by atoms with van der Waals surface area (Å²) in [7, 11) is 0. The molecule has 0 heterocycles. The number of rotatable bonds is 3. The number of ether oxygens (including phenoxy) is 1. The van der Waals surface area contributed by atoms with Crippen molar-refractivity contribution >= 4 is 15.9 Å². The van der Waals surface area contributed by atoms with Crippen LogP contribution in [0.15, 0.2) is 46.9 Å². The predicted octanol–water partition coefficient (Wildman–Crippen LogP) is 3.44. The molecule has 0 radical (unpaired) electrons. The molecule has 0 aliphatic carbocycles. The van der Waals surface area contributed by atoms with Gasteiger partial charge in [-0.15, -0.1) is 0 Å². The van der Waals surface area contributed by atoms with Crippen LogP contribution in [-0.4, -0.2) is 10.2 Å². The molecule has 2 N–H and O–H groups in total. The van der Waals surface area contributed by atoms with Gasteiger partial charge in [0.15, 0.2) is 11.5 Å². The lowest BCUT2D eigenvalue weighted by Crippen LogP contribution is -1.95. The maximum atomic E-state index is 9.51. The second kappa shape index (κ2) is 5.10. The fourth-order valence-corrected chi connectivity index (χ4v) is 1.63. The highest BCUT2D eigenvalue weighted by molar-refractivity contribution is 9.10. The van der Waals surface area contributed by atoms with Gasteiger partial charge in [-0.25, -0.2) is 0 Å². The second-order valence-electron chi connectivity index (χ2n) is 3.54. The third-order valence-corrected chi connectivity index (χ3v) is 2.94. The van der Waals surface area contributed by atoms with Crippen LogP contribution in [0.4, 0.5) is 0 Å². The fraction of sp³-hybridized carbons (Fsp3) is 0.0769. The van der Waals surface area contributed by atoms with Gasteiger partial charge < -0.3 is 14.9 Å². The first-order valence-electron chi connectivity index (χ1n) is 5.05. The van der Waals surface area contributed by atoms with E-state index in [2.05, 4.69) is 15.9 Å². The molecule has 0 saturated carbocycles. The van der Waals surface area contributed by atoms with Crippen LogP contribution in [-0.2, 0) is 6.61 Å².